The number of anilines is 4. The zero-order valence-electron chi connectivity index (χ0n) is 17.7. The Morgan fingerprint density at radius 3 is 2.52 bits per heavy atom. The Kier molecular flexibility index (Phi) is 6.22. The number of nitrogens with one attached hydrogen (secondary N) is 3. The fraction of sp³-hybridized carbons (Fsp3) is 0.0909. The zero-order valence-corrected chi connectivity index (χ0v) is 18.5. The lowest BCUT2D eigenvalue weighted by Gasteiger charge is -2.09. The molecule has 0 aliphatic rings. The van der Waals surface area contributed by atoms with Gasteiger partial charge in [0.15, 0.2) is 5.13 Å². The van der Waals surface area contributed by atoms with Crippen molar-refractivity contribution >= 4 is 45.4 Å². The van der Waals surface area contributed by atoms with Gasteiger partial charge in [-0.05, 0) is 43.3 Å². The van der Waals surface area contributed by atoms with E-state index >= 15 is 0 Å². The molecule has 0 aliphatic heterocycles. The lowest BCUT2D eigenvalue weighted by Crippen LogP contribution is -2.12. The molecule has 0 atom stereocenters. The number of nitro groups is 1. The molecule has 4 aromatic rings. The Morgan fingerprint density at radius 1 is 1.06 bits per heavy atom. The number of nitrogens with zero attached hydrogens (tertiary/aromatic N) is 4. The first-order valence-electron chi connectivity index (χ1n) is 9.84. The van der Waals surface area contributed by atoms with Crippen LogP contribution >= 0.6 is 11.3 Å². The van der Waals surface area contributed by atoms with Crippen molar-refractivity contribution in [2.45, 2.75) is 6.92 Å². The summed E-state index contributed by atoms with van der Waals surface area (Å²) >= 11 is 1.51. The van der Waals surface area contributed by atoms with Crippen LogP contribution in [0.4, 0.5) is 28.1 Å². The number of carbonyl (C=O) groups excluding carboxylic acids is 1. The van der Waals surface area contributed by atoms with Crippen LogP contribution in [0.5, 0.6) is 0 Å². The number of aryl methyl sites for hydroxylation is 1. The fourth-order valence-corrected chi connectivity index (χ4v) is 3.92. The minimum atomic E-state index is -0.510. The molecule has 0 radical (unpaired) electrons. The van der Waals surface area contributed by atoms with Gasteiger partial charge in [0.2, 0.25) is 5.95 Å². The van der Waals surface area contributed by atoms with E-state index in [9.17, 15) is 14.9 Å². The summed E-state index contributed by atoms with van der Waals surface area (Å²) in [6, 6.07) is 14.3. The van der Waals surface area contributed by atoms with Crippen LogP contribution in [0, 0.1) is 17.0 Å². The highest BCUT2D eigenvalue weighted by Crippen LogP contribution is 2.31. The fourth-order valence-electron chi connectivity index (χ4n) is 3.03. The van der Waals surface area contributed by atoms with Gasteiger partial charge in [0.1, 0.15) is 0 Å². The third-order valence-electron chi connectivity index (χ3n) is 4.62. The van der Waals surface area contributed by atoms with E-state index in [1.54, 1.807) is 24.4 Å². The third kappa shape index (κ3) is 5.10. The second-order valence-corrected chi connectivity index (χ2v) is 7.91. The molecule has 3 N–H and O–H groups in total. The summed E-state index contributed by atoms with van der Waals surface area (Å²) in [6.07, 6.45) is 1.67. The summed E-state index contributed by atoms with van der Waals surface area (Å²) in [7, 11) is 1.82. The van der Waals surface area contributed by atoms with E-state index in [1.807, 2.05) is 26.1 Å². The quantitative estimate of drug-likeness (QED) is 0.262. The van der Waals surface area contributed by atoms with Gasteiger partial charge in [0.05, 0.1) is 21.2 Å². The third-order valence-corrected chi connectivity index (χ3v) is 5.81. The van der Waals surface area contributed by atoms with E-state index in [0.717, 1.165) is 21.4 Å². The zero-order chi connectivity index (χ0) is 23.4. The number of rotatable bonds is 7. The van der Waals surface area contributed by atoms with E-state index in [0.29, 0.717) is 22.9 Å². The lowest BCUT2D eigenvalue weighted by molar-refractivity contribution is -0.384. The van der Waals surface area contributed by atoms with E-state index < -0.39 is 4.92 Å². The molecule has 0 saturated heterocycles. The molecule has 11 heteroatoms. The number of amides is 1. The second kappa shape index (κ2) is 9.40. The van der Waals surface area contributed by atoms with Gasteiger partial charge in [-0.2, -0.15) is 0 Å². The van der Waals surface area contributed by atoms with Crippen molar-refractivity contribution in [3.63, 3.8) is 0 Å². The predicted molar refractivity (Wildman–Crippen MR) is 128 cm³/mol. The van der Waals surface area contributed by atoms with E-state index in [-0.39, 0.29) is 11.6 Å². The second-order valence-electron chi connectivity index (χ2n) is 6.91. The minimum absolute atomic E-state index is 0.0734. The van der Waals surface area contributed by atoms with Crippen LogP contribution in [0.3, 0.4) is 0 Å². The number of nitro benzene ring substituents is 1. The van der Waals surface area contributed by atoms with Crippen LogP contribution < -0.4 is 16.0 Å². The molecule has 2 aromatic heterocycles. The van der Waals surface area contributed by atoms with Gasteiger partial charge < -0.3 is 16.0 Å². The molecule has 33 heavy (non-hydrogen) atoms. The number of non-ortho nitro benzene ring substituents is 1. The molecule has 0 fully saturated rings. The smallest absolute Gasteiger partial charge is 0.269 e. The van der Waals surface area contributed by atoms with Crippen LogP contribution in [0.15, 0.2) is 60.8 Å². The van der Waals surface area contributed by atoms with Crippen molar-refractivity contribution in [2.24, 2.45) is 0 Å². The van der Waals surface area contributed by atoms with Crippen molar-refractivity contribution in [3.05, 3.63) is 82.2 Å². The number of hydrogen-bond acceptors (Lipinski definition) is 9. The molecule has 0 spiro atoms. The summed E-state index contributed by atoms with van der Waals surface area (Å²) in [6.45, 7) is 1.93. The first-order chi connectivity index (χ1) is 15.9. The van der Waals surface area contributed by atoms with Gasteiger partial charge in [-0.1, -0.05) is 17.4 Å². The molecule has 1 amide bonds. The number of thiazole rings is 1. The first kappa shape index (κ1) is 21.8. The maximum absolute atomic E-state index is 12.5. The normalized spacial score (nSPS) is 10.5. The monoisotopic (exact) mass is 461 g/mol. The van der Waals surface area contributed by atoms with Crippen molar-refractivity contribution in [2.75, 3.05) is 23.0 Å². The van der Waals surface area contributed by atoms with Crippen molar-refractivity contribution in [1.82, 2.24) is 15.0 Å². The van der Waals surface area contributed by atoms with E-state index in [2.05, 4.69) is 30.9 Å². The number of benzene rings is 2. The molecule has 0 bridgehead atoms. The van der Waals surface area contributed by atoms with Crippen LogP contribution in [0.25, 0.3) is 10.6 Å². The molecule has 166 valence electrons. The van der Waals surface area contributed by atoms with Crippen molar-refractivity contribution in [3.8, 4) is 10.6 Å². The highest BCUT2D eigenvalue weighted by molar-refractivity contribution is 7.19. The molecule has 0 aliphatic carbocycles. The Morgan fingerprint density at radius 2 is 1.82 bits per heavy atom. The molecular weight excluding hydrogens is 442 g/mol. The largest absolute Gasteiger partial charge is 0.365 e. The van der Waals surface area contributed by atoms with Crippen LogP contribution in [0.2, 0.25) is 0 Å². The molecule has 10 nitrogen and oxygen atoms in total. The predicted octanol–water partition coefficient (Wildman–Crippen LogP) is 4.85. The first-order valence-corrected chi connectivity index (χ1v) is 10.7. The van der Waals surface area contributed by atoms with Gasteiger partial charge in [0, 0.05) is 42.3 Å². The Balaban J connectivity index is 1.48. The van der Waals surface area contributed by atoms with Crippen molar-refractivity contribution in [1.29, 1.82) is 0 Å². The highest BCUT2D eigenvalue weighted by atomic mass is 32.1. The van der Waals surface area contributed by atoms with Gasteiger partial charge in [-0.3, -0.25) is 14.9 Å². The average molecular weight is 462 g/mol. The molecule has 0 saturated carbocycles. The Labute approximate surface area is 192 Å². The maximum Gasteiger partial charge on any atom is 0.269 e. The summed E-state index contributed by atoms with van der Waals surface area (Å²) in [4.78, 5) is 37.0. The maximum atomic E-state index is 12.5. The molecule has 0 unspecified atom stereocenters. The standard InChI is InChI=1S/C22H19N7O3S/c1-13-19(33-22(23-2)25-13)18-10-11-24-21(28-18)27-16-5-3-4-15(12-16)26-20(30)14-6-8-17(9-7-14)29(31)32/h3-12H,1-2H3,(H,23,25)(H,26,30)(H,24,27,28). The van der Waals surface area contributed by atoms with Crippen LogP contribution in [-0.4, -0.2) is 32.8 Å². The van der Waals surface area contributed by atoms with E-state index in [1.165, 1.54) is 35.6 Å². The molecule has 2 aromatic carbocycles. The summed E-state index contributed by atoms with van der Waals surface area (Å²) < 4.78 is 0. The molecule has 4 rings (SSSR count). The van der Waals surface area contributed by atoms with Gasteiger partial charge >= 0.3 is 0 Å². The summed E-state index contributed by atoms with van der Waals surface area (Å²) in [5, 5.41) is 20.6. The van der Waals surface area contributed by atoms with Gasteiger partial charge in [-0.25, -0.2) is 15.0 Å². The Bertz CT molecular complexity index is 1320. The van der Waals surface area contributed by atoms with Gasteiger partial charge in [-0.15, -0.1) is 0 Å². The average Bonchev–Trinajstić information content (AvgIpc) is 3.20. The summed E-state index contributed by atoms with van der Waals surface area (Å²) in [5.74, 6) is 0.0338. The van der Waals surface area contributed by atoms with Crippen LogP contribution in [0.1, 0.15) is 16.1 Å². The summed E-state index contributed by atoms with van der Waals surface area (Å²) in [5.41, 5.74) is 3.12. The van der Waals surface area contributed by atoms with Crippen molar-refractivity contribution < 1.29 is 9.72 Å². The Hall–Kier alpha value is -4.38. The number of aromatic nitrogens is 3. The van der Waals surface area contributed by atoms with Crippen LogP contribution in [-0.2, 0) is 0 Å². The van der Waals surface area contributed by atoms with E-state index in [4.69, 9.17) is 0 Å². The SMILES string of the molecule is CNc1nc(C)c(-c2ccnc(Nc3cccc(NC(=O)c4ccc([N+](=O)[O-])cc4)c3)n2)s1. The lowest BCUT2D eigenvalue weighted by atomic mass is 10.2. The molecular formula is C22H19N7O3S. The molecule has 2 heterocycles. The highest BCUT2D eigenvalue weighted by Gasteiger charge is 2.12. The minimum Gasteiger partial charge on any atom is -0.365 e. The van der Waals surface area contributed by atoms with Gasteiger partial charge in [0.25, 0.3) is 11.6 Å². The number of hydrogen-bond donors (Lipinski definition) is 3. The topological polar surface area (TPSA) is 135 Å². The number of carbonyl (C=O) groups is 1.